The Morgan fingerprint density at radius 1 is 1.15 bits per heavy atom. The molecule has 0 saturated carbocycles. The van der Waals surface area contributed by atoms with E-state index in [-0.39, 0.29) is 16.1 Å². The van der Waals surface area contributed by atoms with E-state index in [4.69, 9.17) is 4.52 Å². The van der Waals surface area contributed by atoms with Gasteiger partial charge in [0.15, 0.2) is 15.7 Å². The zero-order valence-corrected chi connectivity index (χ0v) is 17.2. The monoisotopic (exact) mass is 391 g/mol. The van der Waals surface area contributed by atoms with E-state index >= 15 is 0 Å². The molecule has 0 atom stereocenters. The Morgan fingerprint density at radius 2 is 1.74 bits per heavy atom. The Labute approximate surface area is 159 Å². The van der Waals surface area contributed by atoms with Gasteiger partial charge in [-0.05, 0) is 31.5 Å². The van der Waals surface area contributed by atoms with E-state index < -0.39 is 20.5 Å². The topological polar surface area (TPSA) is 102 Å². The van der Waals surface area contributed by atoms with E-state index in [2.05, 4.69) is 15.5 Å². The van der Waals surface area contributed by atoms with Gasteiger partial charge in [0.25, 0.3) is 0 Å². The molecule has 7 nitrogen and oxygen atoms in total. The van der Waals surface area contributed by atoms with Crippen LogP contribution < -0.4 is 5.32 Å². The minimum atomic E-state index is -3.93. The predicted octanol–water partition coefficient (Wildman–Crippen LogP) is 3.21. The van der Waals surface area contributed by atoms with Crippen LogP contribution in [-0.2, 0) is 20.0 Å². The number of hydrogen-bond donors (Lipinski definition) is 1. The summed E-state index contributed by atoms with van der Waals surface area (Å²) in [6.07, 6.45) is 1.62. The van der Waals surface area contributed by atoms with Crippen LogP contribution in [0.2, 0.25) is 0 Å². The predicted molar refractivity (Wildman–Crippen MR) is 105 cm³/mol. The molecule has 0 radical (unpaired) electrons. The van der Waals surface area contributed by atoms with Gasteiger partial charge in [-0.25, -0.2) is 8.42 Å². The number of carbonyl (C=O) groups excluding carboxylic acids is 1. The van der Waals surface area contributed by atoms with Gasteiger partial charge >= 0.3 is 0 Å². The highest BCUT2D eigenvalue weighted by atomic mass is 32.2. The lowest BCUT2D eigenvalue weighted by molar-refractivity contribution is -0.117. The molecule has 1 aromatic heterocycles. The summed E-state index contributed by atoms with van der Waals surface area (Å²) in [5.41, 5.74) is 0.497. The van der Waals surface area contributed by atoms with Gasteiger partial charge < -0.3 is 9.84 Å². The van der Waals surface area contributed by atoms with Gasteiger partial charge in [0.1, 0.15) is 10.5 Å². The number of sulfone groups is 1. The van der Waals surface area contributed by atoms with E-state index in [1.54, 1.807) is 31.5 Å². The number of benzene rings is 1. The molecule has 0 unspecified atom stereocenters. The third kappa shape index (κ3) is 4.27. The van der Waals surface area contributed by atoms with Crippen molar-refractivity contribution in [3.8, 4) is 0 Å². The first-order valence-electron chi connectivity index (χ1n) is 8.45. The van der Waals surface area contributed by atoms with Crippen molar-refractivity contribution in [1.29, 1.82) is 0 Å². The summed E-state index contributed by atoms with van der Waals surface area (Å²) in [6, 6.07) is 7.81. The lowest BCUT2D eigenvalue weighted by Crippen LogP contribution is -2.44. The summed E-state index contributed by atoms with van der Waals surface area (Å²) in [6.45, 7) is 8.56. The lowest BCUT2D eigenvalue weighted by Gasteiger charge is -2.23. The molecule has 27 heavy (non-hydrogen) atoms. The lowest BCUT2D eigenvalue weighted by atomic mass is 9.93. The number of rotatable bonds is 5. The molecule has 0 bridgehead atoms. The summed E-state index contributed by atoms with van der Waals surface area (Å²) in [7, 11) is -2.29. The molecule has 1 amide bonds. The van der Waals surface area contributed by atoms with Gasteiger partial charge in [0.05, 0.1) is 4.90 Å². The van der Waals surface area contributed by atoms with Crippen LogP contribution in [0.3, 0.4) is 0 Å². The molecule has 0 saturated heterocycles. The number of nitrogens with zero attached hydrogens (tertiary/aromatic N) is 2. The molecule has 1 N–H and O–H groups in total. The zero-order valence-electron chi connectivity index (χ0n) is 16.4. The maximum Gasteiger partial charge on any atom is 0.246 e. The highest BCUT2D eigenvalue weighted by Gasteiger charge is 2.43. The second-order valence-corrected chi connectivity index (χ2v) is 10.2. The molecular weight excluding hydrogens is 366 g/mol. The normalized spacial score (nSPS) is 13.1. The summed E-state index contributed by atoms with van der Waals surface area (Å²) in [4.78, 5) is 16.6. The average Bonchev–Trinajstić information content (AvgIpc) is 3.04. The number of aliphatic imine (C=N–C) groups is 1. The molecule has 2 rings (SSSR count). The van der Waals surface area contributed by atoms with E-state index in [1.165, 1.54) is 26.0 Å². The van der Waals surface area contributed by atoms with Crippen LogP contribution in [0.5, 0.6) is 0 Å². The average molecular weight is 391 g/mol. The first-order valence-corrected chi connectivity index (χ1v) is 9.93. The second-order valence-electron chi connectivity index (χ2n) is 7.75. The highest BCUT2D eigenvalue weighted by Crippen LogP contribution is 2.28. The Hall–Kier alpha value is -2.48. The molecule has 1 heterocycles. The molecule has 0 fully saturated rings. The summed E-state index contributed by atoms with van der Waals surface area (Å²) in [5.74, 6) is 0.0878. The van der Waals surface area contributed by atoms with Crippen molar-refractivity contribution in [2.24, 2.45) is 4.99 Å². The minimum absolute atomic E-state index is 0.0615. The van der Waals surface area contributed by atoms with Crippen molar-refractivity contribution in [3.05, 3.63) is 41.7 Å². The fourth-order valence-electron chi connectivity index (χ4n) is 2.25. The van der Waals surface area contributed by atoms with Crippen LogP contribution in [0, 0.1) is 0 Å². The third-order valence-corrected chi connectivity index (χ3v) is 6.60. The molecule has 2 aromatic rings. The number of aromatic nitrogens is 1. The van der Waals surface area contributed by atoms with Crippen LogP contribution in [0.1, 0.15) is 45.9 Å². The number of anilines is 1. The number of amides is 1. The molecule has 146 valence electrons. The largest absolute Gasteiger partial charge is 0.359 e. The SMILES string of the molecule is CN=Cc1ccc(S(=O)(=O)C(C)(C)C(=O)Nc2cc(C(C)(C)C)on2)cc1. The van der Waals surface area contributed by atoms with Gasteiger partial charge in [-0.15, -0.1) is 0 Å². The molecule has 0 aliphatic rings. The van der Waals surface area contributed by atoms with Gasteiger partial charge in [-0.3, -0.25) is 9.79 Å². The second kappa shape index (κ2) is 7.26. The number of hydrogen-bond acceptors (Lipinski definition) is 6. The standard InChI is InChI=1S/C19H25N3O4S/c1-18(2,3)15-11-16(22-26-15)21-17(23)19(4,5)27(24,25)14-9-7-13(8-10-14)12-20-6/h7-12H,1-6H3,(H,21,22,23). The fraction of sp³-hybridized carbons (Fsp3) is 0.421. The Bertz CT molecular complexity index is 950. The van der Waals surface area contributed by atoms with Gasteiger partial charge in [0, 0.05) is 24.7 Å². The van der Waals surface area contributed by atoms with Gasteiger partial charge in [-0.1, -0.05) is 38.1 Å². The van der Waals surface area contributed by atoms with E-state index in [9.17, 15) is 13.2 Å². The Morgan fingerprint density at radius 3 is 2.22 bits per heavy atom. The van der Waals surface area contributed by atoms with Gasteiger partial charge in [-0.2, -0.15) is 0 Å². The van der Waals surface area contributed by atoms with Crippen molar-refractivity contribution in [2.45, 2.75) is 49.7 Å². The quantitative estimate of drug-likeness (QED) is 0.789. The number of nitrogens with one attached hydrogen (secondary N) is 1. The van der Waals surface area contributed by atoms with Crippen LogP contribution in [0.4, 0.5) is 5.82 Å². The van der Waals surface area contributed by atoms with Crippen LogP contribution in [0.15, 0.2) is 44.7 Å². The van der Waals surface area contributed by atoms with E-state index in [0.29, 0.717) is 5.76 Å². The number of carbonyl (C=O) groups is 1. The molecule has 0 spiro atoms. The van der Waals surface area contributed by atoms with E-state index in [0.717, 1.165) is 5.56 Å². The van der Waals surface area contributed by atoms with Crippen LogP contribution >= 0.6 is 0 Å². The van der Waals surface area contributed by atoms with Crippen molar-refractivity contribution in [2.75, 3.05) is 12.4 Å². The van der Waals surface area contributed by atoms with Crippen LogP contribution in [-0.4, -0.2) is 37.5 Å². The summed E-state index contributed by atoms with van der Waals surface area (Å²) >= 11 is 0. The van der Waals surface area contributed by atoms with Gasteiger partial charge in [0.2, 0.25) is 5.91 Å². The van der Waals surface area contributed by atoms with Crippen molar-refractivity contribution in [1.82, 2.24) is 5.16 Å². The first-order chi connectivity index (χ1) is 12.4. The van der Waals surface area contributed by atoms with E-state index in [1.807, 2.05) is 20.8 Å². The van der Waals surface area contributed by atoms with Crippen LogP contribution in [0.25, 0.3) is 0 Å². The van der Waals surface area contributed by atoms with Crippen molar-refractivity contribution >= 4 is 27.8 Å². The summed E-state index contributed by atoms with van der Waals surface area (Å²) < 4.78 is 29.5. The summed E-state index contributed by atoms with van der Waals surface area (Å²) in [5, 5.41) is 6.34. The first kappa shape index (κ1) is 20.8. The Kier molecular flexibility index (Phi) is 5.60. The maximum absolute atomic E-state index is 13.0. The third-order valence-electron chi connectivity index (χ3n) is 4.18. The zero-order chi connectivity index (χ0) is 20.5. The highest BCUT2D eigenvalue weighted by molar-refractivity contribution is 7.93. The molecular formula is C19H25N3O4S. The molecule has 8 heteroatoms. The molecule has 0 aliphatic carbocycles. The molecule has 1 aromatic carbocycles. The smallest absolute Gasteiger partial charge is 0.246 e. The minimum Gasteiger partial charge on any atom is -0.359 e. The fourth-order valence-corrected chi connectivity index (χ4v) is 3.63. The van der Waals surface area contributed by atoms with Crippen molar-refractivity contribution < 1.29 is 17.7 Å². The maximum atomic E-state index is 13.0. The molecule has 0 aliphatic heterocycles. The van der Waals surface area contributed by atoms with Crippen molar-refractivity contribution in [3.63, 3.8) is 0 Å². The Balaban J connectivity index is 2.27.